The minimum absolute atomic E-state index is 0. The molecule has 0 spiro atoms. The largest absolute Gasteiger partial charge is 2.00 e. The fourth-order valence-electron chi connectivity index (χ4n) is 8.86. The molecule has 0 radical (unpaired) electrons. The Morgan fingerprint density at radius 1 is 0.509 bits per heavy atom. The molecule has 0 amide bonds. The molecule has 10 aromatic rings. The van der Waals surface area contributed by atoms with Gasteiger partial charge in [-0.3, -0.25) is 0 Å². The molecule has 57 heavy (non-hydrogen) atoms. The molecule has 0 unspecified atom stereocenters. The van der Waals surface area contributed by atoms with Crippen LogP contribution in [0.2, 0.25) is 0 Å². The molecule has 2 heterocycles. The Balaban J connectivity index is 0.00000396. The van der Waals surface area contributed by atoms with Gasteiger partial charge < -0.3 is 4.57 Å². The van der Waals surface area contributed by atoms with Crippen molar-refractivity contribution >= 4 is 32.7 Å². The molecule has 2 aromatic heterocycles. The minimum Gasteiger partial charge on any atom is -0.328 e. The number of nitrogens with zero attached hydrogens (tertiary/aromatic N) is 3. The Morgan fingerprint density at radius 3 is 2.04 bits per heavy atom. The van der Waals surface area contributed by atoms with Crippen LogP contribution in [-0.4, -0.2) is 14.5 Å². The molecular formula is C53H35N3U. The third kappa shape index (κ3) is 5.70. The third-order valence-electron chi connectivity index (χ3n) is 11.6. The maximum absolute atomic E-state index is 5.16. The third-order valence-corrected chi connectivity index (χ3v) is 11.6. The van der Waals surface area contributed by atoms with Crippen LogP contribution in [0.25, 0.3) is 94.4 Å². The molecule has 0 fully saturated rings. The van der Waals surface area contributed by atoms with Crippen molar-refractivity contribution in [2.45, 2.75) is 19.3 Å². The molecule has 0 saturated carbocycles. The summed E-state index contributed by atoms with van der Waals surface area (Å²) in [5.41, 5.74) is 16.8. The molecule has 266 valence electrons. The molecule has 0 aliphatic heterocycles. The van der Waals surface area contributed by atoms with E-state index in [4.69, 9.17) is 9.97 Å². The molecule has 11 rings (SSSR count). The predicted molar refractivity (Wildman–Crippen MR) is 231 cm³/mol. The van der Waals surface area contributed by atoms with Gasteiger partial charge in [-0.1, -0.05) is 141 Å². The van der Waals surface area contributed by atoms with Gasteiger partial charge in [0.25, 0.3) is 0 Å². The van der Waals surface area contributed by atoms with E-state index in [0.717, 1.165) is 44.5 Å². The maximum Gasteiger partial charge on any atom is 2.00 e. The number of hydrogen-bond donors (Lipinski definition) is 0. The second-order valence-corrected chi connectivity index (χ2v) is 15.2. The fourth-order valence-corrected chi connectivity index (χ4v) is 8.86. The zero-order valence-corrected chi connectivity index (χ0v) is 35.7. The van der Waals surface area contributed by atoms with Gasteiger partial charge in [0.15, 0.2) is 0 Å². The number of hydrogen-bond acceptors (Lipinski definition) is 2. The quantitative estimate of drug-likeness (QED) is 0.161. The number of aromatic nitrogens is 3. The van der Waals surface area contributed by atoms with E-state index in [1.165, 1.54) is 55.2 Å². The first-order valence-corrected chi connectivity index (χ1v) is 19.2. The first kappa shape index (κ1) is 35.4. The topological polar surface area (TPSA) is 30.7 Å². The molecule has 0 atom stereocenters. The molecule has 0 saturated heterocycles. The zero-order chi connectivity index (χ0) is 37.4. The molecule has 1 aliphatic carbocycles. The molecule has 8 aromatic carbocycles. The van der Waals surface area contributed by atoms with Gasteiger partial charge in [0, 0.05) is 27.1 Å². The first-order chi connectivity index (χ1) is 27.5. The van der Waals surface area contributed by atoms with E-state index in [-0.39, 0.29) is 36.5 Å². The summed E-state index contributed by atoms with van der Waals surface area (Å²) in [5.74, 6) is 0.675. The van der Waals surface area contributed by atoms with Crippen LogP contribution in [0.5, 0.6) is 0 Å². The second kappa shape index (κ2) is 13.9. The maximum atomic E-state index is 5.16. The van der Waals surface area contributed by atoms with Crippen molar-refractivity contribution in [3.8, 4) is 61.7 Å². The summed E-state index contributed by atoms with van der Waals surface area (Å²) < 4.78 is 2.37. The summed E-state index contributed by atoms with van der Waals surface area (Å²) in [6.07, 6.45) is 0. The number of para-hydroxylation sites is 2. The Hall–Kier alpha value is -6.05. The van der Waals surface area contributed by atoms with E-state index in [1.54, 1.807) is 0 Å². The van der Waals surface area contributed by atoms with Gasteiger partial charge in [-0.25, -0.2) is 21.1 Å². The van der Waals surface area contributed by atoms with Crippen molar-refractivity contribution in [2.24, 2.45) is 0 Å². The van der Waals surface area contributed by atoms with Crippen LogP contribution >= 0.6 is 0 Å². The summed E-state index contributed by atoms with van der Waals surface area (Å²) in [5, 5.41) is 3.58. The van der Waals surface area contributed by atoms with Crippen LogP contribution in [0, 0.1) is 43.2 Å². The van der Waals surface area contributed by atoms with Gasteiger partial charge in [-0.2, -0.15) is 30.3 Å². The fraction of sp³-hybridized carbons (Fsp3) is 0.0566. The summed E-state index contributed by atoms with van der Waals surface area (Å²) in [6, 6.07) is 69.6. The van der Waals surface area contributed by atoms with Gasteiger partial charge in [-0.15, -0.1) is 18.2 Å². The smallest absolute Gasteiger partial charge is 0.328 e. The normalized spacial score (nSPS) is 12.7. The van der Waals surface area contributed by atoms with Crippen LogP contribution in [0.4, 0.5) is 0 Å². The van der Waals surface area contributed by atoms with Crippen molar-refractivity contribution in [2.75, 3.05) is 0 Å². The Bertz CT molecular complexity index is 3140. The first-order valence-electron chi connectivity index (χ1n) is 19.2. The molecule has 1 aliphatic rings. The minimum atomic E-state index is -0.0645. The van der Waals surface area contributed by atoms with E-state index < -0.39 is 0 Å². The van der Waals surface area contributed by atoms with Crippen LogP contribution in [-0.2, 0) is 5.41 Å². The number of fused-ring (bicyclic) bond motifs is 8. The standard InChI is InChI=1S/C53H35N3.U/c1-53(2)44-20-9-6-17-41(44)49-45(53)31-32-48-50(49)43-19-8-11-22-47(43)56(48)40-16-12-15-39(33-40)36-25-29-38(30-26-36)52-54-46-21-10-7-18-42(46)51(55-52)37-27-23-35(24-28-37)34-13-4-3-5-14-34;/h3-25,27-32H,1-2H3;/q-2;+2. The van der Waals surface area contributed by atoms with Gasteiger partial charge >= 0.3 is 31.1 Å². The van der Waals surface area contributed by atoms with Gasteiger partial charge in [-0.05, 0) is 57.3 Å². The van der Waals surface area contributed by atoms with Gasteiger partial charge in [0.1, 0.15) is 5.82 Å². The average molecular weight is 952 g/mol. The second-order valence-electron chi connectivity index (χ2n) is 15.2. The zero-order valence-electron chi connectivity index (χ0n) is 31.6. The van der Waals surface area contributed by atoms with Gasteiger partial charge in [0.2, 0.25) is 0 Å². The summed E-state index contributed by atoms with van der Waals surface area (Å²) >= 11 is 0. The van der Waals surface area contributed by atoms with E-state index >= 15 is 0 Å². The Morgan fingerprint density at radius 2 is 1.21 bits per heavy atom. The van der Waals surface area contributed by atoms with Crippen molar-refractivity contribution in [3.63, 3.8) is 0 Å². The Kier molecular flexibility index (Phi) is 8.60. The molecule has 3 nitrogen and oxygen atoms in total. The van der Waals surface area contributed by atoms with E-state index in [1.807, 2.05) is 24.3 Å². The van der Waals surface area contributed by atoms with Crippen LogP contribution in [0.15, 0.2) is 176 Å². The summed E-state index contributed by atoms with van der Waals surface area (Å²) in [4.78, 5) is 10.2. The van der Waals surface area contributed by atoms with Gasteiger partial charge in [0.05, 0.1) is 22.2 Å². The van der Waals surface area contributed by atoms with E-state index in [0.29, 0.717) is 5.82 Å². The summed E-state index contributed by atoms with van der Waals surface area (Å²) in [7, 11) is 0. The van der Waals surface area contributed by atoms with Crippen molar-refractivity contribution in [1.82, 2.24) is 14.5 Å². The van der Waals surface area contributed by atoms with Crippen LogP contribution in [0.3, 0.4) is 0 Å². The van der Waals surface area contributed by atoms with Crippen molar-refractivity contribution < 1.29 is 31.1 Å². The molecule has 0 N–H and O–H groups in total. The number of benzene rings is 8. The van der Waals surface area contributed by atoms with Crippen LogP contribution < -0.4 is 0 Å². The molecular weight excluding hydrogens is 917 g/mol. The summed E-state index contributed by atoms with van der Waals surface area (Å²) in [6.45, 7) is 4.69. The van der Waals surface area contributed by atoms with Crippen molar-refractivity contribution in [1.29, 1.82) is 0 Å². The molecule has 4 heteroatoms. The monoisotopic (exact) mass is 951 g/mol. The van der Waals surface area contributed by atoms with E-state index in [2.05, 4.69) is 182 Å². The Labute approximate surface area is 356 Å². The molecule has 0 bridgehead atoms. The SMILES string of the molecule is CC1(C)c2ccccc2-c2c1ccc1c2c2ccccc2n1-c1[c-]c(-c2[c-]cc(-c3nc(-c4ccc(-c5ccccc5)cc4)c4ccccc4n3)cc2)ccc1.[U+2]. The predicted octanol–water partition coefficient (Wildman–Crippen LogP) is 13.3. The average Bonchev–Trinajstić information content (AvgIpc) is 3.72. The number of rotatable bonds is 5. The van der Waals surface area contributed by atoms with Crippen molar-refractivity contribution in [3.05, 3.63) is 199 Å². The van der Waals surface area contributed by atoms with E-state index in [9.17, 15) is 0 Å². The van der Waals surface area contributed by atoms with Crippen LogP contribution in [0.1, 0.15) is 25.0 Å².